The Bertz CT molecular complexity index is 747. The van der Waals surface area contributed by atoms with E-state index in [9.17, 15) is 10.1 Å². The zero-order valence-electron chi connectivity index (χ0n) is 14.1. The van der Waals surface area contributed by atoms with E-state index in [1.165, 1.54) is 44.2 Å². The SMILES string of the molecule is N#Cc1cc(NC[C@@H]2CCC[C@H]3CCCCN32)c([N+](=O)[O-])cc1C#N. The molecule has 0 bridgehead atoms. The van der Waals surface area contributed by atoms with E-state index in [1.54, 1.807) is 0 Å². The molecule has 2 atom stereocenters. The maximum atomic E-state index is 11.3. The molecule has 2 aliphatic rings. The summed E-state index contributed by atoms with van der Waals surface area (Å²) in [5.41, 5.74) is 0.366. The molecule has 7 heteroatoms. The van der Waals surface area contributed by atoms with Crippen LogP contribution in [0.2, 0.25) is 0 Å². The third kappa shape index (κ3) is 3.57. The van der Waals surface area contributed by atoms with Crippen LogP contribution in [0.1, 0.15) is 49.7 Å². The lowest BCUT2D eigenvalue weighted by molar-refractivity contribution is -0.384. The molecule has 0 amide bonds. The van der Waals surface area contributed by atoms with Crippen LogP contribution in [0.5, 0.6) is 0 Å². The van der Waals surface area contributed by atoms with E-state index in [-0.39, 0.29) is 16.8 Å². The molecule has 0 aromatic heterocycles. The fraction of sp³-hybridized carbons (Fsp3) is 0.556. The van der Waals surface area contributed by atoms with E-state index in [4.69, 9.17) is 10.5 Å². The minimum absolute atomic E-state index is 0.0357. The minimum atomic E-state index is -0.505. The first-order chi connectivity index (χ1) is 12.1. The normalized spacial score (nSPS) is 23.1. The van der Waals surface area contributed by atoms with E-state index in [2.05, 4.69) is 10.2 Å². The van der Waals surface area contributed by atoms with Crippen LogP contribution in [0.15, 0.2) is 12.1 Å². The highest BCUT2D eigenvalue weighted by molar-refractivity contribution is 5.68. The lowest BCUT2D eigenvalue weighted by Crippen LogP contribution is -2.51. The second-order valence-corrected chi connectivity index (χ2v) is 6.75. The van der Waals surface area contributed by atoms with Crippen LogP contribution in [0.3, 0.4) is 0 Å². The van der Waals surface area contributed by atoms with Crippen molar-refractivity contribution >= 4 is 11.4 Å². The van der Waals surface area contributed by atoms with Crippen molar-refractivity contribution in [2.45, 2.75) is 50.6 Å². The molecular weight excluding hydrogens is 318 g/mol. The molecule has 1 aromatic carbocycles. The van der Waals surface area contributed by atoms with E-state index in [0.717, 1.165) is 13.0 Å². The van der Waals surface area contributed by atoms with Gasteiger partial charge in [-0.05, 0) is 38.3 Å². The largest absolute Gasteiger partial charge is 0.378 e. The van der Waals surface area contributed by atoms with Crippen molar-refractivity contribution in [2.75, 3.05) is 18.4 Å². The van der Waals surface area contributed by atoms with Crippen molar-refractivity contribution in [3.8, 4) is 12.1 Å². The number of nitro groups is 1. The van der Waals surface area contributed by atoms with Gasteiger partial charge >= 0.3 is 0 Å². The zero-order valence-corrected chi connectivity index (χ0v) is 14.1. The van der Waals surface area contributed by atoms with Crippen molar-refractivity contribution < 1.29 is 4.92 Å². The third-order valence-corrected chi connectivity index (χ3v) is 5.32. The zero-order chi connectivity index (χ0) is 17.8. The predicted molar refractivity (Wildman–Crippen MR) is 93.0 cm³/mol. The summed E-state index contributed by atoms with van der Waals surface area (Å²) < 4.78 is 0. The second kappa shape index (κ2) is 7.50. The molecular formula is C18H21N5O2. The Hall–Kier alpha value is -2.64. The topological polar surface area (TPSA) is 106 Å². The molecule has 2 heterocycles. The number of nitrogens with zero attached hydrogens (tertiary/aromatic N) is 4. The molecule has 0 saturated carbocycles. The van der Waals surface area contributed by atoms with E-state index < -0.39 is 4.92 Å². The van der Waals surface area contributed by atoms with Crippen molar-refractivity contribution in [2.24, 2.45) is 0 Å². The summed E-state index contributed by atoms with van der Waals surface area (Å²) in [5, 5.41) is 32.7. The number of rotatable bonds is 4. The number of hydrogen-bond donors (Lipinski definition) is 1. The number of benzene rings is 1. The summed E-state index contributed by atoms with van der Waals surface area (Å²) >= 11 is 0. The number of hydrogen-bond acceptors (Lipinski definition) is 6. The quantitative estimate of drug-likeness (QED) is 0.667. The molecule has 7 nitrogen and oxygen atoms in total. The molecule has 0 spiro atoms. The highest BCUT2D eigenvalue weighted by Crippen LogP contribution is 2.32. The van der Waals surface area contributed by atoms with Crippen LogP contribution in [-0.4, -0.2) is 35.0 Å². The van der Waals surface area contributed by atoms with Gasteiger partial charge in [0, 0.05) is 24.7 Å². The minimum Gasteiger partial charge on any atom is -0.378 e. The highest BCUT2D eigenvalue weighted by atomic mass is 16.6. The van der Waals surface area contributed by atoms with Crippen molar-refractivity contribution in [1.82, 2.24) is 4.90 Å². The third-order valence-electron chi connectivity index (χ3n) is 5.32. The molecule has 0 aliphatic carbocycles. The van der Waals surface area contributed by atoms with Gasteiger partial charge in [0.1, 0.15) is 17.8 Å². The Kier molecular flexibility index (Phi) is 5.16. The van der Waals surface area contributed by atoms with Gasteiger partial charge in [0.2, 0.25) is 0 Å². The van der Waals surface area contributed by atoms with Crippen molar-refractivity contribution in [3.05, 3.63) is 33.4 Å². The fourth-order valence-corrected chi connectivity index (χ4v) is 4.08. The van der Waals surface area contributed by atoms with Gasteiger partial charge in [-0.1, -0.05) is 12.8 Å². The molecule has 2 saturated heterocycles. The molecule has 2 aliphatic heterocycles. The van der Waals surface area contributed by atoms with Gasteiger partial charge in [0.15, 0.2) is 0 Å². The molecule has 1 N–H and O–H groups in total. The number of nitrogens with one attached hydrogen (secondary N) is 1. The monoisotopic (exact) mass is 339 g/mol. The fourth-order valence-electron chi connectivity index (χ4n) is 4.08. The van der Waals surface area contributed by atoms with Gasteiger partial charge in [-0.2, -0.15) is 10.5 Å². The second-order valence-electron chi connectivity index (χ2n) is 6.75. The van der Waals surface area contributed by atoms with E-state index in [0.29, 0.717) is 24.3 Å². The van der Waals surface area contributed by atoms with E-state index in [1.807, 2.05) is 12.1 Å². The summed E-state index contributed by atoms with van der Waals surface area (Å²) in [6, 6.07) is 7.40. The smallest absolute Gasteiger partial charge is 0.293 e. The maximum Gasteiger partial charge on any atom is 0.293 e. The Morgan fingerprint density at radius 1 is 1.16 bits per heavy atom. The number of anilines is 1. The molecule has 130 valence electrons. The molecule has 3 rings (SSSR count). The first-order valence-electron chi connectivity index (χ1n) is 8.76. The van der Waals surface area contributed by atoms with Gasteiger partial charge in [-0.25, -0.2) is 0 Å². The van der Waals surface area contributed by atoms with Crippen LogP contribution in [0.4, 0.5) is 11.4 Å². The molecule has 1 aromatic rings. The van der Waals surface area contributed by atoms with Crippen LogP contribution >= 0.6 is 0 Å². The maximum absolute atomic E-state index is 11.3. The van der Waals surface area contributed by atoms with E-state index >= 15 is 0 Å². The average Bonchev–Trinajstić information content (AvgIpc) is 2.65. The molecule has 0 unspecified atom stereocenters. The average molecular weight is 339 g/mol. The Morgan fingerprint density at radius 2 is 1.88 bits per heavy atom. The number of nitro benzene ring substituents is 1. The Balaban J connectivity index is 1.79. The van der Waals surface area contributed by atoms with Crippen molar-refractivity contribution in [1.29, 1.82) is 10.5 Å². The lowest BCUT2D eigenvalue weighted by Gasteiger charge is -2.45. The van der Waals surface area contributed by atoms with Gasteiger partial charge in [-0.15, -0.1) is 0 Å². The van der Waals surface area contributed by atoms with Gasteiger partial charge in [0.25, 0.3) is 5.69 Å². The predicted octanol–water partition coefficient (Wildman–Crippen LogP) is 3.16. The summed E-state index contributed by atoms with van der Waals surface area (Å²) in [4.78, 5) is 13.4. The molecule has 2 fully saturated rings. The summed E-state index contributed by atoms with van der Waals surface area (Å²) in [6.07, 6.45) is 7.25. The first-order valence-corrected chi connectivity index (χ1v) is 8.76. The summed E-state index contributed by atoms with van der Waals surface area (Å²) in [5.74, 6) is 0. The lowest BCUT2D eigenvalue weighted by atomic mass is 9.89. The summed E-state index contributed by atoms with van der Waals surface area (Å²) in [7, 11) is 0. The van der Waals surface area contributed by atoms with Crippen LogP contribution in [-0.2, 0) is 0 Å². The van der Waals surface area contributed by atoms with Gasteiger partial charge in [-0.3, -0.25) is 15.0 Å². The first kappa shape index (κ1) is 17.2. The Morgan fingerprint density at radius 3 is 2.60 bits per heavy atom. The van der Waals surface area contributed by atoms with Crippen LogP contribution in [0.25, 0.3) is 0 Å². The van der Waals surface area contributed by atoms with Gasteiger partial charge < -0.3 is 5.32 Å². The summed E-state index contributed by atoms with van der Waals surface area (Å²) in [6.45, 7) is 1.71. The van der Waals surface area contributed by atoms with Gasteiger partial charge in [0.05, 0.1) is 16.1 Å². The van der Waals surface area contributed by atoms with Crippen LogP contribution < -0.4 is 5.32 Å². The highest BCUT2D eigenvalue weighted by Gasteiger charge is 2.32. The number of piperidine rings is 2. The van der Waals surface area contributed by atoms with Crippen molar-refractivity contribution in [3.63, 3.8) is 0 Å². The molecule has 0 radical (unpaired) electrons. The standard InChI is InChI=1S/C18H21N5O2/c19-10-13-8-17(18(23(24)25)9-14(13)11-20)21-12-16-6-3-5-15-4-1-2-7-22(15)16/h8-9,15-16,21H,1-7,12H2/t15-,16+/m1/s1. The number of nitriles is 2. The molecule has 25 heavy (non-hydrogen) atoms. The van der Waals surface area contributed by atoms with Crippen LogP contribution in [0, 0.1) is 32.8 Å². The Labute approximate surface area is 147 Å². The number of fused-ring (bicyclic) bond motifs is 1.